The molecular weight excluding hydrogens is 481 g/mol. The van der Waals surface area contributed by atoms with Gasteiger partial charge in [0.25, 0.3) is 0 Å². The number of carbonyl (C=O) groups is 4. The number of halogens is 1. The standard InChI is InChI=1S/C26H40FN5O5/c1-2-21(26(37)32-14-13-20(34)16-32)31-24(36)10-5-3-4-7-18-8-6-9-22(25(18)27)29-15-19(30-17-33)11-12-23(28)35/h6,8-9,17,19-21,29,34H,2-5,7,10-16H2,1H3,(H2,28,35)(H,30,33)(H,31,36)/t19-,20+,21-/m0/s1. The number of likely N-dealkylation sites (tertiary alicyclic amines) is 1. The van der Waals surface area contributed by atoms with E-state index in [4.69, 9.17) is 5.73 Å². The number of nitrogens with zero attached hydrogens (tertiary/aromatic N) is 1. The Bertz CT molecular complexity index is 915. The van der Waals surface area contributed by atoms with E-state index >= 15 is 0 Å². The number of β-amino-alcohol motifs (C(OH)–C–C–N with tert-alkyl or cyclic N) is 1. The molecule has 0 radical (unpaired) electrons. The first kappa shape index (κ1) is 30.0. The van der Waals surface area contributed by atoms with Crippen LogP contribution in [0.1, 0.15) is 63.9 Å². The summed E-state index contributed by atoms with van der Waals surface area (Å²) in [6.07, 6.45) is 4.40. The van der Waals surface area contributed by atoms with E-state index in [1.54, 1.807) is 23.1 Å². The van der Waals surface area contributed by atoms with E-state index < -0.39 is 18.1 Å². The van der Waals surface area contributed by atoms with E-state index in [-0.39, 0.29) is 43.1 Å². The van der Waals surface area contributed by atoms with Crippen LogP contribution in [0.15, 0.2) is 18.2 Å². The summed E-state index contributed by atoms with van der Waals surface area (Å²) in [6.45, 7) is 2.91. The Morgan fingerprint density at radius 3 is 2.68 bits per heavy atom. The Morgan fingerprint density at radius 1 is 1.24 bits per heavy atom. The van der Waals surface area contributed by atoms with E-state index in [0.29, 0.717) is 69.3 Å². The molecule has 0 saturated carbocycles. The third kappa shape index (κ3) is 10.4. The van der Waals surface area contributed by atoms with Gasteiger partial charge in [-0.15, -0.1) is 0 Å². The van der Waals surface area contributed by atoms with Crippen LogP contribution in [-0.4, -0.2) is 72.0 Å². The largest absolute Gasteiger partial charge is 0.391 e. The maximum atomic E-state index is 14.9. The molecule has 1 aromatic rings. The number of aliphatic hydroxyl groups excluding tert-OH is 1. The molecule has 1 fully saturated rings. The lowest BCUT2D eigenvalue weighted by atomic mass is 10.0. The van der Waals surface area contributed by atoms with E-state index in [2.05, 4.69) is 16.0 Å². The summed E-state index contributed by atoms with van der Waals surface area (Å²) < 4.78 is 14.9. The maximum Gasteiger partial charge on any atom is 0.245 e. The van der Waals surface area contributed by atoms with Crippen LogP contribution in [0.2, 0.25) is 0 Å². The van der Waals surface area contributed by atoms with Gasteiger partial charge in [0.2, 0.25) is 24.1 Å². The van der Waals surface area contributed by atoms with Crippen LogP contribution >= 0.6 is 0 Å². The number of amides is 4. The molecule has 2 rings (SSSR count). The van der Waals surface area contributed by atoms with Gasteiger partial charge in [0, 0.05) is 38.5 Å². The van der Waals surface area contributed by atoms with E-state index in [1.165, 1.54) is 0 Å². The number of anilines is 1. The van der Waals surface area contributed by atoms with Crippen molar-refractivity contribution in [3.63, 3.8) is 0 Å². The smallest absolute Gasteiger partial charge is 0.245 e. The van der Waals surface area contributed by atoms with Gasteiger partial charge in [-0.25, -0.2) is 4.39 Å². The molecular formula is C26H40FN5O5. The number of rotatable bonds is 17. The molecule has 0 spiro atoms. The minimum Gasteiger partial charge on any atom is -0.391 e. The van der Waals surface area contributed by atoms with Gasteiger partial charge in [-0.3, -0.25) is 19.2 Å². The Hall–Kier alpha value is -3.21. The first-order valence-electron chi connectivity index (χ1n) is 13.0. The van der Waals surface area contributed by atoms with Crippen molar-refractivity contribution in [3.8, 4) is 0 Å². The summed E-state index contributed by atoms with van der Waals surface area (Å²) in [6, 6.07) is 4.14. The third-order valence-electron chi connectivity index (χ3n) is 6.53. The molecule has 1 heterocycles. The molecule has 4 amide bonds. The summed E-state index contributed by atoms with van der Waals surface area (Å²) in [4.78, 5) is 48.3. The van der Waals surface area contributed by atoms with E-state index in [0.717, 1.165) is 6.42 Å². The van der Waals surface area contributed by atoms with Crippen LogP contribution in [0.3, 0.4) is 0 Å². The molecule has 206 valence electrons. The molecule has 1 aromatic carbocycles. The fourth-order valence-corrected chi connectivity index (χ4v) is 4.34. The van der Waals surface area contributed by atoms with Gasteiger partial charge in [0.1, 0.15) is 11.9 Å². The van der Waals surface area contributed by atoms with Gasteiger partial charge in [0.05, 0.1) is 11.8 Å². The van der Waals surface area contributed by atoms with Crippen LogP contribution in [0.25, 0.3) is 0 Å². The zero-order valence-corrected chi connectivity index (χ0v) is 21.5. The predicted molar refractivity (Wildman–Crippen MR) is 138 cm³/mol. The maximum absolute atomic E-state index is 14.9. The lowest BCUT2D eigenvalue weighted by Crippen LogP contribution is -2.47. The van der Waals surface area contributed by atoms with Crippen LogP contribution < -0.4 is 21.7 Å². The quantitative estimate of drug-likeness (QED) is 0.153. The molecule has 1 saturated heterocycles. The molecule has 1 aliphatic heterocycles. The highest BCUT2D eigenvalue weighted by Crippen LogP contribution is 2.20. The van der Waals surface area contributed by atoms with Crippen molar-refractivity contribution in [1.82, 2.24) is 15.5 Å². The number of nitrogens with two attached hydrogens (primary N) is 1. The Morgan fingerprint density at radius 2 is 2.03 bits per heavy atom. The lowest BCUT2D eigenvalue weighted by Gasteiger charge is -2.23. The second-order valence-electron chi connectivity index (χ2n) is 9.46. The average Bonchev–Trinajstić information content (AvgIpc) is 3.31. The first-order valence-corrected chi connectivity index (χ1v) is 13.0. The van der Waals surface area contributed by atoms with Crippen molar-refractivity contribution in [2.75, 3.05) is 25.0 Å². The number of hydrogen-bond acceptors (Lipinski definition) is 6. The number of carbonyl (C=O) groups excluding carboxylic acids is 4. The zero-order chi connectivity index (χ0) is 27.2. The Balaban J connectivity index is 1.73. The molecule has 10 nitrogen and oxygen atoms in total. The van der Waals surface area contributed by atoms with E-state index in [9.17, 15) is 28.7 Å². The van der Waals surface area contributed by atoms with Crippen molar-refractivity contribution < 1.29 is 28.7 Å². The second kappa shape index (κ2) is 15.8. The molecule has 0 unspecified atom stereocenters. The van der Waals surface area contributed by atoms with E-state index in [1.807, 2.05) is 6.92 Å². The number of benzene rings is 1. The van der Waals surface area contributed by atoms with Crippen LogP contribution in [0.4, 0.5) is 10.1 Å². The number of unbranched alkanes of at least 4 members (excludes halogenated alkanes) is 2. The minimum absolute atomic E-state index is 0.117. The molecule has 1 aliphatic rings. The fraction of sp³-hybridized carbons (Fsp3) is 0.615. The number of aryl methyl sites for hydroxylation is 1. The number of hydrogen-bond donors (Lipinski definition) is 5. The summed E-state index contributed by atoms with van der Waals surface area (Å²) >= 11 is 0. The third-order valence-corrected chi connectivity index (χ3v) is 6.53. The van der Waals surface area contributed by atoms with Gasteiger partial charge in [-0.2, -0.15) is 0 Å². The second-order valence-corrected chi connectivity index (χ2v) is 9.46. The Labute approximate surface area is 217 Å². The SMILES string of the molecule is CC[C@H](NC(=O)CCCCCc1cccc(NC[C@H](CCC(N)=O)NC=O)c1F)C(=O)N1CC[C@@H](O)C1. The summed E-state index contributed by atoms with van der Waals surface area (Å²) in [7, 11) is 0. The molecule has 0 bridgehead atoms. The fourth-order valence-electron chi connectivity index (χ4n) is 4.34. The summed E-state index contributed by atoms with van der Waals surface area (Å²) in [5.74, 6) is -1.18. The van der Waals surface area contributed by atoms with Crippen molar-refractivity contribution >= 4 is 29.8 Å². The highest BCUT2D eigenvalue weighted by molar-refractivity contribution is 5.87. The number of aliphatic hydroxyl groups is 1. The van der Waals surface area contributed by atoms with Gasteiger partial charge >= 0.3 is 0 Å². The number of nitrogens with one attached hydrogen (secondary N) is 3. The molecule has 0 aromatic heterocycles. The predicted octanol–water partition coefficient (Wildman–Crippen LogP) is 1.21. The Kier molecular flexibility index (Phi) is 12.8. The van der Waals surface area contributed by atoms with Crippen molar-refractivity contribution in [1.29, 1.82) is 0 Å². The van der Waals surface area contributed by atoms with Crippen molar-refractivity contribution in [2.24, 2.45) is 5.73 Å². The average molecular weight is 522 g/mol. The van der Waals surface area contributed by atoms with Gasteiger partial charge in [-0.1, -0.05) is 25.5 Å². The lowest BCUT2D eigenvalue weighted by molar-refractivity contribution is -0.136. The van der Waals surface area contributed by atoms with Gasteiger partial charge in [0.15, 0.2) is 0 Å². The molecule has 11 heteroatoms. The van der Waals surface area contributed by atoms with Gasteiger partial charge < -0.3 is 31.7 Å². The van der Waals surface area contributed by atoms with Crippen LogP contribution in [-0.2, 0) is 25.6 Å². The van der Waals surface area contributed by atoms with Crippen molar-refractivity contribution in [3.05, 3.63) is 29.6 Å². The summed E-state index contributed by atoms with van der Waals surface area (Å²) in [5.41, 5.74) is 6.03. The number of primary amides is 1. The molecule has 0 aliphatic carbocycles. The summed E-state index contributed by atoms with van der Waals surface area (Å²) in [5, 5.41) is 18.0. The molecule has 6 N–H and O–H groups in total. The minimum atomic E-state index is -0.584. The highest BCUT2D eigenvalue weighted by atomic mass is 19.1. The highest BCUT2D eigenvalue weighted by Gasteiger charge is 2.29. The van der Waals surface area contributed by atoms with Crippen LogP contribution in [0.5, 0.6) is 0 Å². The topological polar surface area (TPSA) is 154 Å². The zero-order valence-electron chi connectivity index (χ0n) is 21.5. The molecule has 37 heavy (non-hydrogen) atoms. The van der Waals surface area contributed by atoms with Crippen LogP contribution in [0, 0.1) is 5.82 Å². The molecule has 3 atom stereocenters. The van der Waals surface area contributed by atoms with Crippen molar-refractivity contribution in [2.45, 2.75) is 82.9 Å². The monoisotopic (exact) mass is 521 g/mol. The van der Waals surface area contributed by atoms with Gasteiger partial charge in [-0.05, 0) is 50.2 Å². The normalized spacial score (nSPS) is 16.6. The first-order chi connectivity index (χ1) is 17.7.